The number of aromatic nitrogens is 1. The number of nitrogens with one attached hydrogen (secondary N) is 1. The summed E-state index contributed by atoms with van der Waals surface area (Å²) in [5.74, 6) is 1.05. The number of hydrogen-bond donors (Lipinski definition) is 1. The van der Waals surface area contributed by atoms with E-state index in [0.29, 0.717) is 17.8 Å². The Morgan fingerprint density at radius 1 is 1.39 bits per heavy atom. The number of amides is 1. The Hall–Kier alpha value is -2.67. The van der Waals surface area contributed by atoms with Crippen LogP contribution in [-0.2, 0) is 4.79 Å². The van der Waals surface area contributed by atoms with Crippen molar-refractivity contribution in [2.75, 3.05) is 37.4 Å². The number of aryl methyl sites for hydroxylation is 1. The monoisotopic (exact) mass is 386 g/mol. The Morgan fingerprint density at radius 3 is 2.89 bits per heavy atom. The Kier molecular flexibility index (Phi) is 6.14. The number of carbonyl (C=O) groups is 1. The Labute approximate surface area is 165 Å². The number of nitrogens with zero attached hydrogens (tertiary/aromatic N) is 3. The zero-order valence-electron chi connectivity index (χ0n) is 16.8. The predicted molar refractivity (Wildman–Crippen MR) is 108 cm³/mol. The molecule has 7 heteroatoms. The highest BCUT2D eigenvalue weighted by atomic mass is 19.1. The number of hydrogen-bond acceptors (Lipinski definition) is 5. The number of rotatable bonds is 6. The van der Waals surface area contributed by atoms with Gasteiger partial charge in [0.1, 0.15) is 11.9 Å². The molecule has 1 N–H and O–H groups in total. The number of pyridine rings is 1. The molecule has 1 aliphatic rings. The standard InChI is InChI=1S/C21H27FN4O2/c1-14-7-8-16(12-18(14)22)24-21(27)15(2)26-11-9-17(13-26)28-19-6-5-10-23-20(19)25(3)4/h5-8,10,12,15,17H,9,11,13H2,1-4H3,(H,24,27)/t15-,17-/m0/s1. The molecule has 1 aliphatic heterocycles. The molecule has 1 saturated heterocycles. The lowest BCUT2D eigenvalue weighted by atomic mass is 10.2. The van der Waals surface area contributed by atoms with Gasteiger partial charge in [-0.15, -0.1) is 0 Å². The average Bonchev–Trinajstić information content (AvgIpc) is 3.12. The molecule has 0 unspecified atom stereocenters. The van der Waals surface area contributed by atoms with Crippen molar-refractivity contribution in [2.45, 2.75) is 32.4 Å². The van der Waals surface area contributed by atoms with Crippen LogP contribution in [0.25, 0.3) is 0 Å². The molecule has 2 atom stereocenters. The Balaban J connectivity index is 1.58. The van der Waals surface area contributed by atoms with Crippen molar-refractivity contribution in [2.24, 2.45) is 0 Å². The minimum atomic E-state index is -0.333. The topological polar surface area (TPSA) is 57.7 Å². The second-order valence-corrected chi connectivity index (χ2v) is 7.37. The van der Waals surface area contributed by atoms with Crippen LogP contribution >= 0.6 is 0 Å². The molecule has 0 saturated carbocycles. The summed E-state index contributed by atoms with van der Waals surface area (Å²) in [6, 6.07) is 8.15. The molecule has 1 amide bonds. The van der Waals surface area contributed by atoms with Crippen molar-refractivity contribution in [1.82, 2.24) is 9.88 Å². The fourth-order valence-corrected chi connectivity index (χ4v) is 3.27. The number of carbonyl (C=O) groups excluding carboxylic acids is 1. The van der Waals surface area contributed by atoms with Crippen LogP contribution in [0.5, 0.6) is 5.75 Å². The maximum atomic E-state index is 13.7. The molecule has 6 nitrogen and oxygen atoms in total. The molecule has 1 aromatic heterocycles. The van der Waals surface area contributed by atoms with E-state index in [9.17, 15) is 9.18 Å². The molecule has 1 fully saturated rings. The summed E-state index contributed by atoms with van der Waals surface area (Å²) < 4.78 is 19.8. The molecule has 0 bridgehead atoms. The summed E-state index contributed by atoms with van der Waals surface area (Å²) in [6.07, 6.45) is 2.57. The van der Waals surface area contributed by atoms with Gasteiger partial charge in [0.25, 0.3) is 0 Å². The number of likely N-dealkylation sites (tertiary alicyclic amines) is 1. The molecule has 2 aromatic rings. The smallest absolute Gasteiger partial charge is 0.241 e. The van der Waals surface area contributed by atoms with E-state index < -0.39 is 0 Å². The van der Waals surface area contributed by atoms with E-state index >= 15 is 0 Å². The zero-order valence-corrected chi connectivity index (χ0v) is 16.8. The lowest BCUT2D eigenvalue weighted by Crippen LogP contribution is -2.41. The van der Waals surface area contributed by atoms with Crippen LogP contribution in [0.1, 0.15) is 18.9 Å². The molecule has 0 spiro atoms. The van der Waals surface area contributed by atoms with E-state index in [1.807, 2.05) is 38.1 Å². The number of anilines is 2. The highest BCUT2D eigenvalue weighted by Gasteiger charge is 2.31. The SMILES string of the molecule is Cc1ccc(NC(=O)[C@H](C)N2CC[C@H](Oc3cccnc3N(C)C)C2)cc1F. The van der Waals surface area contributed by atoms with Crippen molar-refractivity contribution in [3.05, 3.63) is 47.9 Å². The average molecular weight is 386 g/mol. The van der Waals surface area contributed by atoms with E-state index in [4.69, 9.17) is 4.74 Å². The van der Waals surface area contributed by atoms with E-state index in [2.05, 4.69) is 15.2 Å². The van der Waals surface area contributed by atoms with Crippen molar-refractivity contribution in [3.8, 4) is 5.75 Å². The first kappa shape index (κ1) is 20.1. The van der Waals surface area contributed by atoms with Crippen LogP contribution in [0, 0.1) is 12.7 Å². The molecule has 1 aromatic carbocycles. The van der Waals surface area contributed by atoms with Crippen LogP contribution in [0.15, 0.2) is 36.5 Å². The van der Waals surface area contributed by atoms with Gasteiger partial charge in [-0.25, -0.2) is 9.37 Å². The Bertz CT molecular complexity index is 843. The molecule has 3 rings (SSSR count). The predicted octanol–water partition coefficient (Wildman–Crippen LogP) is 3.08. The van der Waals surface area contributed by atoms with E-state index in [0.717, 1.165) is 24.5 Å². The zero-order chi connectivity index (χ0) is 20.3. The third kappa shape index (κ3) is 4.59. The number of halogens is 1. The number of benzene rings is 1. The molecule has 28 heavy (non-hydrogen) atoms. The van der Waals surface area contributed by atoms with E-state index in [1.54, 1.807) is 25.3 Å². The summed E-state index contributed by atoms with van der Waals surface area (Å²) >= 11 is 0. The fourth-order valence-electron chi connectivity index (χ4n) is 3.27. The van der Waals surface area contributed by atoms with Gasteiger partial charge in [0, 0.05) is 39.1 Å². The molecular weight excluding hydrogens is 359 g/mol. The van der Waals surface area contributed by atoms with Crippen molar-refractivity contribution < 1.29 is 13.9 Å². The highest BCUT2D eigenvalue weighted by Crippen LogP contribution is 2.27. The maximum absolute atomic E-state index is 13.7. The normalized spacial score (nSPS) is 18.0. The van der Waals surface area contributed by atoms with Crippen molar-refractivity contribution in [3.63, 3.8) is 0 Å². The third-order valence-electron chi connectivity index (χ3n) is 5.01. The minimum Gasteiger partial charge on any atom is -0.485 e. The molecule has 150 valence electrons. The van der Waals surface area contributed by atoms with Gasteiger partial charge >= 0.3 is 0 Å². The van der Waals surface area contributed by atoms with Gasteiger partial charge in [-0.2, -0.15) is 0 Å². The summed E-state index contributed by atoms with van der Waals surface area (Å²) in [7, 11) is 3.85. The second kappa shape index (κ2) is 8.56. The quantitative estimate of drug-likeness (QED) is 0.827. The first-order chi connectivity index (χ1) is 13.3. The summed E-state index contributed by atoms with van der Waals surface area (Å²) in [6.45, 7) is 4.97. The number of ether oxygens (including phenoxy) is 1. The lowest BCUT2D eigenvalue weighted by molar-refractivity contribution is -0.120. The molecule has 0 radical (unpaired) electrons. The molecular formula is C21H27FN4O2. The molecule has 2 heterocycles. The van der Waals surface area contributed by atoms with Gasteiger partial charge < -0.3 is 15.0 Å². The minimum absolute atomic E-state index is 0.00466. The van der Waals surface area contributed by atoms with E-state index in [1.165, 1.54) is 6.07 Å². The van der Waals surface area contributed by atoms with Crippen molar-refractivity contribution in [1.29, 1.82) is 0 Å². The van der Waals surface area contributed by atoms with Crippen LogP contribution < -0.4 is 15.0 Å². The van der Waals surface area contributed by atoms with Gasteiger partial charge in [0.15, 0.2) is 11.6 Å². The summed E-state index contributed by atoms with van der Waals surface area (Å²) in [5, 5.41) is 2.80. The van der Waals surface area contributed by atoms with Crippen LogP contribution in [-0.4, -0.2) is 55.1 Å². The third-order valence-corrected chi connectivity index (χ3v) is 5.01. The second-order valence-electron chi connectivity index (χ2n) is 7.37. The first-order valence-electron chi connectivity index (χ1n) is 9.45. The van der Waals surface area contributed by atoms with Gasteiger partial charge in [-0.3, -0.25) is 9.69 Å². The van der Waals surface area contributed by atoms with Crippen LogP contribution in [0.2, 0.25) is 0 Å². The van der Waals surface area contributed by atoms with Crippen LogP contribution in [0.3, 0.4) is 0 Å². The largest absolute Gasteiger partial charge is 0.485 e. The van der Waals surface area contributed by atoms with Gasteiger partial charge in [0.2, 0.25) is 5.91 Å². The summed E-state index contributed by atoms with van der Waals surface area (Å²) in [5.41, 5.74) is 1.02. The summed E-state index contributed by atoms with van der Waals surface area (Å²) in [4.78, 5) is 20.9. The lowest BCUT2D eigenvalue weighted by Gasteiger charge is -2.24. The van der Waals surface area contributed by atoms with Gasteiger partial charge in [-0.05, 0) is 50.1 Å². The van der Waals surface area contributed by atoms with E-state index in [-0.39, 0.29) is 23.9 Å². The van der Waals surface area contributed by atoms with Gasteiger partial charge in [0.05, 0.1) is 6.04 Å². The molecule has 0 aliphatic carbocycles. The maximum Gasteiger partial charge on any atom is 0.241 e. The highest BCUT2D eigenvalue weighted by molar-refractivity contribution is 5.94. The van der Waals surface area contributed by atoms with Gasteiger partial charge in [-0.1, -0.05) is 6.07 Å². The van der Waals surface area contributed by atoms with Crippen molar-refractivity contribution >= 4 is 17.4 Å². The Morgan fingerprint density at radius 2 is 2.18 bits per heavy atom. The van der Waals surface area contributed by atoms with Crippen LogP contribution in [0.4, 0.5) is 15.9 Å². The first-order valence-corrected chi connectivity index (χ1v) is 9.45. The fraction of sp³-hybridized carbons (Fsp3) is 0.429.